The lowest BCUT2D eigenvalue weighted by atomic mass is 10.0. The molecular weight excluding hydrogens is 338 g/mol. The normalized spacial score (nSPS) is 24.8. The summed E-state index contributed by atoms with van der Waals surface area (Å²) >= 11 is 7.21. The van der Waals surface area contributed by atoms with E-state index in [1.807, 2.05) is 0 Å². The molecule has 0 aromatic carbocycles. The SMILES string of the molecule is CC(C)(C)OC(=O)N1CC(Sc2ccc(Cl)cn2)C(O)(CN)C1. The van der Waals surface area contributed by atoms with Gasteiger partial charge in [0.2, 0.25) is 0 Å². The number of likely N-dealkylation sites (tertiary alicyclic amines) is 1. The molecule has 3 N–H and O–H groups in total. The van der Waals surface area contributed by atoms with Gasteiger partial charge in [-0.2, -0.15) is 0 Å². The molecule has 1 fully saturated rings. The molecule has 2 rings (SSSR count). The van der Waals surface area contributed by atoms with Gasteiger partial charge in [-0.1, -0.05) is 23.4 Å². The van der Waals surface area contributed by atoms with Crippen LogP contribution in [0.15, 0.2) is 23.4 Å². The largest absolute Gasteiger partial charge is 0.444 e. The standard InChI is InChI=1S/C15H22ClN3O3S/c1-14(2,3)22-13(20)19-7-11(15(21,8-17)9-19)23-12-5-4-10(16)6-18-12/h4-6,11,21H,7-9,17H2,1-3H3. The molecule has 6 nitrogen and oxygen atoms in total. The topological polar surface area (TPSA) is 88.7 Å². The van der Waals surface area contributed by atoms with Crippen molar-refractivity contribution in [2.75, 3.05) is 19.6 Å². The molecule has 1 amide bonds. The third-order valence-corrected chi connectivity index (χ3v) is 5.00. The molecule has 0 aliphatic carbocycles. The second-order valence-electron chi connectivity index (χ2n) is 6.59. The average Bonchev–Trinajstić information content (AvgIpc) is 2.78. The van der Waals surface area contributed by atoms with E-state index in [0.717, 1.165) is 5.03 Å². The number of nitrogens with two attached hydrogens (primary N) is 1. The highest BCUT2D eigenvalue weighted by molar-refractivity contribution is 8.00. The lowest BCUT2D eigenvalue weighted by molar-refractivity contribution is 0.0179. The first kappa shape index (κ1) is 18.3. The van der Waals surface area contributed by atoms with Gasteiger partial charge in [-0.3, -0.25) is 0 Å². The lowest BCUT2D eigenvalue weighted by Gasteiger charge is -2.27. The Morgan fingerprint density at radius 1 is 1.61 bits per heavy atom. The van der Waals surface area contributed by atoms with E-state index in [2.05, 4.69) is 4.98 Å². The van der Waals surface area contributed by atoms with E-state index in [0.29, 0.717) is 11.6 Å². The number of pyridine rings is 1. The molecule has 8 heteroatoms. The van der Waals surface area contributed by atoms with Crippen molar-refractivity contribution in [2.45, 2.75) is 42.2 Å². The zero-order chi connectivity index (χ0) is 17.3. The van der Waals surface area contributed by atoms with Gasteiger partial charge in [-0.25, -0.2) is 9.78 Å². The predicted octanol–water partition coefficient (Wildman–Crippen LogP) is 2.14. The summed E-state index contributed by atoms with van der Waals surface area (Å²) in [6, 6.07) is 3.51. The number of ether oxygens (including phenoxy) is 1. The maximum absolute atomic E-state index is 12.2. The van der Waals surface area contributed by atoms with Gasteiger partial charge in [-0.15, -0.1) is 0 Å². The molecule has 1 aliphatic heterocycles. The van der Waals surface area contributed by atoms with Crippen LogP contribution in [0.25, 0.3) is 0 Å². The number of amides is 1. The van der Waals surface area contributed by atoms with E-state index < -0.39 is 17.3 Å². The summed E-state index contributed by atoms with van der Waals surface area (Å²) in [6.45, 7) is 5.96. The zero-order valence-electron chi connectivity index (χ0n) is 13.5. The van der Waals surface area contributed by atoms with Gasteiger partial charge >= 0.3 is 6.09 Å². The fourth-order valence-electron chi connectivity index (χ4n) is 2.25. The molecule has 1 aliphatic rings. The third kappa shape index (κ3) is 4.73. The highest BCUT2D eigenvalue weighted by atomic mass is 35.5. The van der Waals surface area contributed by atoms with Crippen LogP contribution in [-0.2, 0) is 4.74 Å². The Morgan fingerprint density at radius 2 is 2.30 bits per heavy atom. The van der Waals surface area contributed by atoms with Crippen molar-refractivity contribution in [3.63, 3.8) is 0 Å². The zero-order valence-corrected chi connectivity index (χ0v) is 15.0. The number of aromatic nitrogens is 1. The lowest BCUT2D eigenvalue weighted by Crippen LogP contribution is -2.47. The molecule has 0 radical (unpaired) electrons. The summed E-state index contributed by atoms with van der Waals surface area (Å²) < 4.78 is 5.37. The number of β-amino-alcohol motifs (C(OH)–C–C–N with tert-alkyl or cyclic N) is 1. The molecule has 23 heavy (non-hydrogen) atoms. The monoisotopic (exact) mass is 359 g/mol. The fraction of sp³-hybridized carbons (Fsp3) is 0.600. The van der Waals surface area contributed by atoms with Crippen LogP contribution >= 0.6 is 23.4 Å². The third-order valence-electron chi connectivity index (χ3n) is 3.42. The first-order valence-corrected chi connectivity index (χ1v) is 8.57. The van der Waals surface area contributed by atoms with Crippen LogP contribution in [0.4, 0.5) is 4.79 Å². The molecule has 2 unspecified atom stereocenters. The Balaban J connectivity index is 2.09. The number of carbonyl (C=O) groups excluding carboxylic acids is 1. The van der Waals surface area contributed by atoms with Crippen LogP contribution in [0.1, 0.15) is 20.8 Å². The first-order chi connectivity index (χ1) is 10.6. The Kier molecular flexibility index (Phi) is 5.45. The number of halogens is 1. The number of nitrogens with zero attached hydrogens (tertiary/aromatic N) is 2. The first-order valence-electron chi connectivity index (χ1n) is 7.31. The number of thioether (sulfide) groups is 1. The summed E-state index contributed by atoms with van der Waals surface area (Å²) in [5, 5.41) is 11.7. The second kappa shape index (κ2) is 6.84. The number of hydrogen-bond donors (Lipinski definition) is 2. The summed E-state index contributed by atoms with van der Waals surface area (Å²) in [4.78, 5) is 17.9. The second-order valence-corrected chi connectivity index (χ2v) is 8.25. The molecule has 0 bridgehead atoms. The molecular formula is C15H22ClN3O3S. The molecule has 1 aromatic heterocycles. The van der Waals surface area contributed by atoms with Crippen molar-refractivity contribution in [1.29, 1.82) is 0 Å². The minimum absolute atomic E-state index is 0.0531. The summed E-state index contributed by atoms with van der Waals surface area (Å²) in [7, 11) is 0. The Bertz CT molecular complexity index is 564. The summed E-state index contributed by atoms with van der Waals surface area (Å²) in [6.07, 6.45) is 1.10. The van der Waals surface area contributed by atoms with Gasteiger partial charge in [0.1, 0.15) is 11.2 Å². The van der Waals surface area contributed by atoms with Gasteiger partial charge < -0.3 is 20.5 Å². The van der Waals surface area contributed by atoms with Crippen LogP contribution in [0.3, 0.4) is 0 Å². The van der Waals surface area contributed by atoms with Crippen LogP contribution in [0.5, 0.6) is 0 Å². The predicted molar refractivity (Wildman–Crippen MR) is 90.7 cm³/mol. The smallest absolute Gasteiger partial charge is 0.410 e. The molecule has 2 atom stereocenters. The quantitative estimate of drug-likeness (QED) is 0.859. The Hall–Kier alpha value is -1.02. The van der Waals surface area contributed by atoms with Crippen molar-refractivity contribution in [2.24, 2.45) is 5.73 Å². The van der Waals surface area contributed by atoms with Crippen LogP contribution in [-0.4, -0.2) is 57.2 Å². The molecule has 1 aromatic rings. The van der Waals surface area contributed by atoms with Crippen molar-refractivity contribution >= 4 is 29.5 Å². The summed E-state index contributed by atoms with van der Waals surface area (Å²) in [5.74, 6) is 0. The van der Waals surface area contributed by atoms with E-state index in [9.17, 15) is 9.90 Å². The number of hydrogen-bond acceptors (Lipinski definition) is 6. The molecule has 1 saturated heterocycles. The molecule has 0 saturated carbocycles. The number of aliphatic hydroxyl groups is 1. The highest BCUT2D eigenvalue weighted by Crippen LogP contribution is 2.35. The minimum Gasteiger partial charge on any atom is -0.444 e. The van der Waals surface area contributed by atoms with E-state index in [4.69, 9.17) is 22.1 Å². The Labute approximate surface area is 145 Å². The number of rotatable bonds is 3. The Morgan fingerprint density at radius 3 is 2.83 bits per heavy atom. The van der Waals surface area contributed by atoms with Gasteiger partial charge in [-0.05, 0) is 32.9 Å². The van der Waals surface area contributed by atoms with E-state index in [1.165, 1.54) is 16.7 Å². The van der Waals surface area contributed by atoms with E-state index in [-0.39, 0.29) is 18.3 Å². The van der Waals surface area contributed by atoms with Crippen LogP contribution in [0, 0.1) is 0 Å². The molecule has 2 heterocycles. The maximum Gasteiger partial charge on any atom is 0.410 e. The van der Waals surface area contributed by atoms with E-state index >= 15 is 0 Å². The van der Waals surface area contributed by atoms with Gasteiger partial charge in [0.15, 0.2) is 0 Å². The van der Waals surface area contributed by atoms with Crippen molar-refractivity contribution in [1.82, 2.24) is 9.88 Å². The number of carbonyl (C=O) groups is 1. The molecule has 128 valence electrons. The van der Waals surface area contributed by atoms with Crippen molar-refractivity contribution in [3.05, 3.63) is 23.4 Å². The van der Waals surface area contributed by atoms with Gasteiger partial charge in [0, 0.05) is 19.3 Å². The summed E-state index contributed by atoms with van der Waals surface area (Å²) in [5.41, 5.74) is 3.98. The van der Waals surface area contributed by atoms with Crippen molar-refractivity contribution < 1.29 is 14.6 Å². The highest BCUT2D eigenvalue weighted by Gasteiger charge is 2.47. The molecule has 0 spiro atoms. The van der Waals surface area contributed by atoms with Crippen molar-refractivity contribution in [3.8, 4) is 0 Å². The maximum atomic E-state index is 12.2. The van der Waals surface area contributed by atoms with E-state index in [1.54, 1.807) is 39.1 Å². The fourth-order valence-corrected chi connectivity index (χ4v) is 3.56. The van der Waals surface area contributed by atoms with Crippen LogP contribution < -0.4 is 5.73 Å². The minimum atomic E-state index is -1.18. The average molecular weight is 360 g/mol. The van der Waals surface area contributed by atoms with Gasteiger partial charge in [0.05, 0.1) is 21.8 Å². The van der Waals surface area contributed by atoms with Gasteiger partial charge in [0.25, 0.3) is 0 Å². The van der Waals surface area contributed by atoms with Crippen LogP contribution in [0.2, 0.25) is 5.02 Å².